The van der Waals surface area contributed by atoms with Gasteiger partial charge in [-0.15, -0.1) is 21.5 Å². The number of aryl methyl sites for hydroxylation is 1. The summed E-state index contributed by atoms with van der Waals surface area (Å²) in [5.41, 5.74) is 0.805. The van der Waals surface area contributed by atoms with E-state index in [1.807, 2.05) is 37.3 Å². The van der Waals surface area contributed by atoms with Crippen molar-refractivity contribution in [3.05, 3.63) is 45.9 Å². The molecule has 5 heteroatoms. The Balaban J connectivity index is 1.53. The first-order valence-electron chi connectivity index (χ1n) is 7.33. The molecular weight excluding hydrogens is 282 g/mol. The lowest BCUT2D eigenvalue weighted by Crippen LogP contribution is -2.36. The van der Waals surface area contributed by atoms with Gasteiger partial charge in [0.05, 0.1) is 6.54 Å². The molecule has 0 radical (unpaired) electrons. The molecule has 0 N–H and O–H groups in total. The zero-order valence-electron chi connectivity index (χ0n) is 12.2. The van der Waals surface area contributed by atoms with E-state index in [4.69, 9.17) is 0 Å². The van der Waals surface area contributed by atoms with E-state index in [0.29, 0.717) is 12.5 Å². The summed E-state index contributed by atoms with van der Waals surface area (Å²) in [7, 11) is 0. The molecule has 0 unspecified atom stereocenters. The molecule has 1 fully saturated rings. The molecule has 110 valence electrons. The van der Waals surface area contributed by atoms with E-state index in [9.17, 15) is 4.79 Å². The second-order valence-corrected chi connectivity index (χ2v) is 6.71. The summed E-state index contributed by atoms with van der Waals surface area (Å²) in [5, 5.41) is 10.5. The van der Waals surface area contributed by atoms with E-state index in [1.54, 1.807) is 11.3 Å². The minimum atomic E-state index is 0.209. The van der Waals surface area contributed by atoms with Crippen molar-refractivity contribution in [1.82, 2.24) is 15.1 Å². The molecule has 1 aliphatic rings. The number of nitrogens with zero attached hydrogens (tertiary/aromatic N) is 3. The maximum absolute atomic E-state index is 12.2. The predicted octanol–water partition coefficient (Wildman–Crippen LogP) is 2.91. The molecule has 0 saturated carbocycles. The van der Waals surface area contributed by atoms with Gasteiger partial charge in [-0.3, -0.25) is 9.69 Å². The molecule has 2 aromatic rings. The first-order valence-corrected chi connectivity index (χ1v) is 8.14. The van der Waals surface area contributed by atoms with Gasteiger partial charge < -0.3 is 0 Å². The number of likely N-dealkylation sites (tertiary alicyclic amines) is 1. The Morgan fingerprint density at radius 2 is 1.95 bits per heavy atom. The quantitative estimate of drug-likeness (QED) is 0.815. The van der Waals surface area contributed by atoms with Crippen molar-refractivity contribution >= 4 is 17.1 Å². The molecule has 0 amide bonds. The number of carbonyl (C=O) groups excluding carboxylic acids is 1. The molecule has 21 heavy (non-hydrogen) atoms. The molecule has 1 saturated heterocycles. The molecular formula is C16H19N3OS. The lowest BCUT2D eigenvalue weighted by Gasteiger charge is -2.30. The average molecular weight is 301 g/mol. The molecule has 1 aromatic heterocycles. The summed E-state index contributed by atoms with van der Waals surface area (Å²) in [6.07, 6.45) is 2.13. The van der Waals surface area contributed by atoms with Crippen LogP contribution in [0.4, 0.5) is 0 Å². The van der Waals surface area contributed by atoms with Crippen molar-refractivity contribution in [1.29, 1.82) is 0 Å². The van der Waals surface area contributed by atoms with Gasteiger partial charge in [0, 0.05) is 11.5 Å². The Morgan fingerprint density at radius 3 is 2.57 bits per heavy atom. The molecule has 2 heterocycles. The molecule has 0 bridgehead atoms. The summed E-state index contributed by atoms with van der Waals surface area (Å²) >= 11 is 1.70. The fourth-order valence-electron chi connectivity index (χ4n) is 2.73. The highest BCUT2D eigenvalue weighted by molar-refractivity contribution is 7.11. The Bertz CT molecular complexity index is 603. The summed E-state index contributed by atoms with van der Waals surface area (Å²) in [5.74, 6) is 0.722. The Hall–Kier alpha value is -1.59. The van der Waals surface area contributed by atoms with Gasteiger partial charge in [-0.2, -0.15) is 0 Å². The molecule has 4 nitrogen and oxygen atoms in total. The van der Waals surface area contributed by atoms with E-state index in [2.05, 4.69) is 15.1 Å². The highest BCUT2D eigenvalue weighted by Crippen LogP contribution is 2.29. The normalized spacial score (nSPS) is 17.0. The van der Waals surface area contributed by atoms with Crippen LogP contribution in [-0.4, -0.2) is 40.5 Å². The number of Topliss-reactive ketones (excluding diaryl/α,β-unsaturated/α-hetero) is 1. The van der Waals surface area contributed by atoms with Crippen LogP contribution in [0.3, 0.4) is 0 Å². The Labute approximate surface area is 128 Å². The molecule has 0 spiro atoms. The van der Waals surface area contributed by atoms with Gasteiger partial charge in [0.25, 0.3) is 0 Å². The van der Waals surface area contributed by atoms with Crippen LogP contribution in [0.1, 0.15) is 39.1 Å². The molecule has 1 aromatic carbocycles. The fraction of sp³-hybridized carbons (Fsp3) is 0.438. The largest absolute Gasteiger partial charge is 0.296 e. The van der Waals surface area contributed by atoms with E-state index < -0.39 is 0 Å². The number of aromatic nitrogens is 2. The first-order chi connectivity index (χ1) is 10.2. The molecule has 0 atom stereocenters. The number of carbonyl (C=O) groups is 1. The van der Waals surface area contributed by atoms with Crippen LogP contribution >= 0.6 is 11.3 Å². The van der Waals surface area contributed by atoms with Crippen molar-refractivity contribution in [2.45, 2.75) is 25.7 Å². The summed E-state index contributed by atoms with van der Waals surface area (Å²) in [4.78, 5) is 14.5. The van der Waals surface area contributed by atoms with Gasteiger partial charge in [-0.25, -0.2) is 0 Å². The first kappa shape index (κ1) is 14.4. The van der Waals surface area contributed by atoms with Crippen LogP contribution in [0.25, 0.3) is 0 Å². The Morgan fingerprint density at radius 1 is 1.24 bits per heavy atom. The van der Waals surface area contributed by atoms with Crippen molar-refractivity contribution in [2.75, 3.05) is 19.6 Å². The van der Waals surface area contributed by atoms with Gasteiger partial charge in [-0.1, -0.05) is 30.3 Å². The van der Waals surface area contributed by atoms with Crippen molar-refractivity contribution in [3.8, 4) is 0 Å². The van der Waals surface area contributed by atoms with Crippen LogP contribution in [-0.2, 0) is 0 Å². The van der Waals surface area contributed by atoms with Crippen LogP contribution in [0.15, 0.2) is 30.3 Å². The van der Waals surface area contributed by atoms with Crippen molar-refractivity contribution in [2.24, 2.45) is 0 Å². The van der Waals surface area contributed by atoms with E-state index in [-0.39, 0.29) is 5.78 Å². The van der Waals surface area contributed by atoms with Gasteiger partial charge in [0.2, 0.25) is 0 Å². The Kier molecular flexibility index (Phi) is 4.41. The number of hydrogen-bond donors (Lipinski definition) is 0. The highest BCUT2D eigenvalue weighted by Gasteiger charge is 2.24. The van der Waals surface area contributed by atoms with Crippen LogP contribution in [0.5, 0.6) is 0 Å². The molecule has 1 aliphatic heterocycles. The van der Waals surface area contributed by atoms with Gasteiger partial charge in [0.15, 0.2) is 5.78 Å². The SMILES string of the molecule is Cc1nnc(C2CCN(CC(=O)c3ccccc3)CC2)s1. The van der Waals surface area contributed by atoms with Crippen molar-refractivity contribution in [3.63, 3.8) is 0 Å². The monoisotopic (exact) mass is 301 g/mol. The van der Waals surface area contributed by atoms with Gasteiger partial charge >= 0.3 is 0 Å². The fourth-order valence-corrected chi connectivity index (χ4v) is 3.60. The third kappa shape index (κ3) is 3.54. The smallest absolute Gasteiger partial charge is 0.176 e. The number of ketones is 1. The van der Waals surface area contributed by atoms with E-state index in [0.717, 1.165) is 41.5 Å². The topological polar surface area (TPSA) is 46.1 Å². The van der Waals surface area contributed by atoms with E-state index in [1.165, 1.54) is 0 Å². The second-order valence-electron chi connectivity index (χ2n) is 5.50. The predicted molar refractivity (Wildman–Crippen MR) is 83.8 cm³/mol. The number of piperidine rings is 1. The third-order valence-electron chi connectivity index (χ3n) is 3.94. The van der Waals surface area contributed by atoms with Crippen molar-refractivity contribution < 1.29 is 4.79 Å². The molecule has 0 aliphatic carbocycles. The highest BCUT2D eigenvalue weighted by atomic mass is 32.1. The second kappa shape index (κ2) is 6.45. The van der Waals surface area contributed by atoms with Crippen LogP contribution < -0.4 is 0 Å². The minimum Gasteiger partial charge on any atom is -0.296 e. The van der Waals surface area contributed by atoms with E-state index >= 15 is 0 Å². The van der Waals surface area contributed by atoms with Gasteiger partial charge in [0.1, 0.15) is 10.0 Å². The van der Waals surface area contributed by atoms with Crippen LogP contribution in [0.2, 0.25) is 0 Å². The maximum atomic E-state index is 12.2. The summed E-state index contributed by atoms with van der Waals surface area (Å²) < 4.78 is 0. The number of benzene rings is 1. The summed E-state index contributed by atoms with van der Waals surface area (Å²) in [6, 6.07) is 9.54. The van der Waals surface area contributed by atoms with Crippen LogP contribution in [0, 0.1) is 6.92 Å². The van der Waals surface area contributed by atoms with Gasteiger partial charge in [-0.05, 0) is 32.9 Å². The molecule has 3 rings (SSSR count). The zero-order chi connectivity index (χ0) is 14.7. The average Bonchev–Trinajstić information content (AvgIpc) is 2.95. The minimum absolute atomic E-state index is 0.209. The number of hydrogen-bond acceptors (Lipinski definition) is 5. The standard InChI is InChI=1S/C16H19N3OS/c1-12-17-18-16(21-12)14-7-9-19(10-8-14)11-15(20)13-5-3-2-4-6-13/h2-6,14H,7-11H2,1H3. The maximum Gasteiger partial charge on any atom is 0.176 e. The lowest BCUT2D eigenvalue weighted by molar-refractivity contribution is 0.0909. The third-order valence-corrected chi connectivity index (χ3v) is 4.94. The zero-order valence-corrected chi connectivity index (χ0v) is 13.0. The lowest BCUT2D eigenvalue weighted by atomic mass is 9.97. The summed E-state index contributed by atoms with van der Waals surface area (Å²) in [6.45, 7) is 4.43. The number of rotatable bonds is 4.